The van der Waals surface area contributed by atoms with Gasteiger partial charge in [0.2, 0.25) is 0 Å². The number of rotatable bonds is 6. The topological polar surface area (TPSA) is 68.2 Å². The molecule has 1 aromatic rings. The second-order valence-corrected chi connectivity index (χ2v) is 6.61. The van der Waals surface area contributed by atoms with Crippen LogP contribution in [0.25, 0.3) is 0 Å². The monoisotopic (exact) mass is 354 g/mol. The summed E-state index contributed by atoms with van der Waals surface area (Å²) in [5, 5.41) is 20.7. The van der Waals surface area contributed by atoms with Gasteiger partial charge in [-0.15, -0.1) is 0 Å². The maximum absolute atomic E-state index is 10.4. The van der Waals surface area contributed by atoms with Gasteiger partial charge in [0.1, 0.15) is 24.4 Å². The van der Waals surface area contributed by atoms with Gasteiger partial charge < -0.3 is 24.0 Å². The third-order valence-electron chi connectivity index (χ3n) is 3.07. The first-order valence-electron chi connectivity index (χ1n) is 5.98. The van der Waals surface area contributed by atoms with Crippen LogP contribution < -0.4 is 0 Å². The fraction of sp³-hybridized carbons (Fsp3) is 0.455. The first-order valence-corrected chi connectivity index (χ1v) is 11.4. The molecule has 0 aromatic heterocycles. The summed E-state index contributed by atoms with van der Waals surface area (Å²) in [5.41, 5.74) is 0.692. The summed E-state index contributed by atoms with van der Waals surface area (Å²) in [6.07, 6.45) is -3.90. The Morgan fingerprint density at radius 2 is 1.80 bits per heavy atom. The molecule has 0 aliphatic carbocycles. The first kappa shape index (κ1) is 17.1. The molecule has 5 unspecified atom stereocenters. The fourth-order valence-corrected chi connectivity index (χ4v) is 3.73. The van der Waals surface area contributed by atoms with Gasteiger partial charge in [-0.2, -0.15) is 0 Å². The molecule has 2 N–H and O–H groups in total. The van der Waals surface area contributed by atoms with E-state index >= 15 is 0 Å². The molecule has 0 bridgehead atoms. The Kier molecular flexibility index (Phi) is 7.18. The van der Waals surface area contributed by atoms with Crippen molar-refractivity contribution >= 4 is 34.8 Å². The van der Waals surface area contributed by atoms with E-state index in [1.807, 2.05) is 18.2 Å². The van der Waals surface area contributed by atoms with Crippen LogP contribution in [-0.4, -0.2) is 34.8 Å². The molecule has 2 rings (SSSR count). The molecule has 5 nitrogen and oxygen atoms in total. The molecule has 112 valence electrons. The molecule has 1 heterocycles. The van der Waals surface area contributed by atoms with Crippen molar-refractivity contribution in [1.82, 2.24) is 0 Å². The highest BCUT2D eigenvalue weighted by molar-refractivity contribution is 8.00. The zero-order valence-corrected chi connectivity index (χ0v) is 14.9. The van der Waals surface area contributed by atoms with E-state index in [9.17, 15) is 10.2 Å². The maximum Gasteiger partial charge on any atom is 0.191 e. The Hall–Kier alpha value is 0.740. The molecule has 0 radical (unpaired) electrons. The predicted octanol–water partition coefficient (Wildman–Crippen LogP) is 1.97. The summed E-state index contributed by atoms with van der Waals surface area (Å²) in [4.78, 5) is 0. The van der Waals surface area contributed by atoms with Crippen molar-refractivity contribution in [2.24, 2.45) is 0 Å². The van der Waals surface area contributed by atoms with Gasteiger partial charge in [0.25, 0.3) is 0 Å². The lowest BCUT2D eigenvalue weighted by Gasteiger charge is -2.21. The number of hydrogen-bond donors (Lipinski definition) is 2. The van der Waals surface area contributed by atoms with Gasteiger partial charge in [0.15, 0.2) is 6.29 Å². The summed E-state index contributed by atoms with van der Waals surface area (Å²) in [5.74, 6) is 0. The molecule has 1 aromatic carbocycles. The molecule has 1 saturated heterocycles. The minimum Gasteiger partial charge on any atom is -0.387 e. The fourth-order valence-electron chi connectivity index (χ4n) is 2.13. The molecule has 9 atom stereocenters. The minimum absolute atomic E-state index is 0.129. The molecule has 0 spiro atoms. The van der Waals surface area contributed by atoms with E-state index in [2.05, 4.69) is 17.9 Å². The van der Waals surface area contributed by atoms with E-state index in [-0.39, 0.29) is 17.0 Å². The summed E-state index contributed by atoms with van der Waals surface area (Å²) >= 11 is 0. The third kappa shape index (κ3) is 3.93. The van der Waals surface area contributed by atoms with Crippen molar-refractivity contribution in [3.63, 3.8) is 0 Å². The van der Waals surface area contributed by atoms with Gasteiger partial charge in [-0.1, -0.05) is 48.2 Å². The first-order chi connectivity index (χ1) is 9.69. The average Bonchev–Trinajstić information content (AvgIpc) is 2.77. The summed E-state index contributed by atoms with van der Waals surface area (Å²) < 4.78 is 16.5. The van der Waals surface area contributed by atoms with Crippen LogP contribution in [0.5, 0.6) is 0 Å². The summed E-state index contributed by atoms with van der Waals surface area (Å²) in [7, 11) is 5.17. The Morgan fingerprint density at radius 1 is 1.15 bits per heavy atom. The number of ether oxygens (including phenoxy) is 1. The van der Waals surface area contributed by atoms with Crippen LogP contribution in [0.3, 0.4) is 0 Å². The van der Waals surface area contributed by atoms with Crippen molar-refractivity contribution < 1.29 is 24.0 Å². The SMILES string of the molecule is OC(c1ccccc1)[C@@H]1O[C@@H](OPP)[C@@H](OPP)[C@@H]1O. The van der Waals surface area contributed by atoms with Crippen molar-refractivity contribution in [3.8, 4) is 0 Å². The predicted molar refractivity (Wildman–Crippen MR) is 88.1 cm³/mol. The minimum atomic E-state index is -0.940. The molecule has 1 aliphatic heterocycles. The van der Waals surface area contributed by atoms with Crippen LogP contribution in [0.1, 0.15) is 11.7 Å². The summed E-state index contributed by atoms with van der Waals surface area (Å²) in [6, 6.07) is 9.11. The van der Waals surface area contributed by atoms with E-state index in [1.165, 1.54) is 0 Å². The standard InChI is InChI=1S/C11H18O5P4/c12-7(6-4-2-1-3-5-6)9-8(13)10(15-19-17)11(14-9)16-20-18/h1-5,7-13,19-20H,17-18H2/t7?,8-,9+,10+,11+/m1/s1. The molecular formula is C11H18O5P4. The van der Waals surface area contributed by atoms with Crippen LogP contribution in [0.2, 0.25) is 0 Å². The number of aliphatic hydroxyl groups is 2. The van der Waals surface area contributed by atoms with Crippen molar-refractivity contribution in [2.45, 2.75) is 30.7 Å². The van der Waals surface area contributed by atoms with Crippen LogP contribution in [0.4, 0.5) is 0 Å². The van der Waals surface area contributed by atoms with Gasteiger partial charge >= 0.3 is 0 Å². The van der Waals surface area contributed by atoms with Crippen LogP contribution in [0.15, 0.2) is 30.3 Å². The Labute approximate surface area is 126 Å². The van der Waals surface area contributed by atoms with Gasteiger partial charge in [-0.3, -0.25) is 0 Å². The Bertz CT molecular complexity index is 409. The van der Waals surface area contributed by atoms with Gasteiger partial charge in [0.05, 0.1) is 0 Å². The Balaban J connectivity index is 2.12. The molecule has 20 heavy (non-hydrogen) atoms. The number of hydrogen-bond acceptors (Lipinski definition) is 5. The maximum atomic E-state index is 10.4. The third-order valence-corrected chi connectivity index (χ3v) is 4.67. The quantitative estimate of drug-likeness (QED) is 0.765. The van der Waals surface area contributed by atoms with E-state index in [1.54, 1.807) is 12.1 Å². The molecule has 1 aliphatic rings. The highest BCUT2D eigenvalue weighted by Gasteiger charge is 2.48. The van der Waals surface area contributed by atoms with Crippen molar-refractivity contribution in [2.75, 3.05) is 0 Å². The van der Waals surface area contributed by atoms with E-state index in [0.29, 0.717) is 5.56 Å². The zero-order valence-electron chi connectivity index (χ0n) is 10.5. The summed E-state index contributed by atoms with van der Waals surface area (Å²) in [6.45, 7) is 0. The normalized spacial score (nSPS) is 32.6. The molecule has 9 heteroatoms. The van der Waals surface area contributed by atoms with Gasteiger partial charge in [0, 0.05) is 17.0 Å². The van der Waals surface area contributed by atoms with E-state index < -0.39 is 30.7 Å². The number of benzene rings is 1. The van der Waals surface area contributed by atoms with Gasteiger partial charge in [-0.25, -0.2) is 0 Å². The van der Waals surface area contributed by atoms with Crippen LogP contribution in [-0.2, 0) is 13.8 Å². The molecule has 1 fully saturated rings. The molecule has 0 saturated carbocycles. The zero-order chi connectivity index (χ0) is 14.5. The number of aliphatic hydroxyl groups excluding tert-OH is 2. The highest BCUT2D eigenvalue weighted by Crippen LogP contribution is 2.40. The largest absolute Gasteiger partial charge is 0.387 e. The lowest BCUT2D eigenvalue weighted by molar-refractivity contribution is -0.123. The van der Waals surface area contributed by atoms with Crippen LogP contribution >= 0.6 is 34.8 Å². The lowest BCUT2D eigenvalue weighted by atomic mass is 9.99. The average molecular weight is 354 g/mol. The second-order valence-electron chi connectivity index (χ2n) is 4.25. The molecular weight excluding hydrogens is 336 g/mol. The molecule has 0 amide bonds. The van der Waals surface area contributed by atoms with Crippen molar-refractivity contribution in [3.05, 3.63) is 35.9 Å². The van der Waals surface area contributed by atoms with Crippen molar-refractivity contribution in [1.29, 1.82) is 0 Å². The van der Waals surface area contributed by atoms with E-state index in [4.69, 9.17) is 13.8 Å². The smallest absolute Gasteiger partial charge is 0.191 e. The Morgan fingerprint density at radius 3 is 2.40 bits per heavy atom. The second kappa shape index (κ2) is 8.39. The van der Waals surface area contributed by atoms with Crippen LogP contribution in [0, 0.1) is 0 Å². The van der Waals surface area contributed by atoms with E-state index in [0.717, 1.165) is 0 Å². The highest BCUT2D eigenvalue weighted by atomic mass is 32.0. The van der Waals surface area contributed by atoms with Gasteiger partial charge in [-0.05, 0) is 5.56 Å². The lowest BCUT2D eigenvalue weighted by Crippen LogP contribution is -2.36.